The summed E-state index contributed by atoms with van der Waals surface area (Å²) >= 11 is 1.71. The summed E-state index contributed by atoms with van der Waals surface area (Å²) < 4.78 is 1.83. The van der Waals surface area contributed by atoms with E-state index >= 15 is 0 Å². The Morgan fingerprint density at radius 3 is 2.54 bits per heavy atom. The molecule has 0 bridgehead atoms. The number of thiophene rings is 1. The summed E-state index contributed by atoms with van der Waals surface area (Å²) in [6.45, 7) is 4.37. The Hall–Kier alpha value is -2.44. The second-order valence-electron chi connectivity index (χ2n) is 6.50. The van der Waals surface area contributed by atoms with Crippen LogP contribution in [-0.4, -0.2) is 41.2 Å². The molecule has 26 heavy (non-hydrogen) atoms. The standard InChI is InChI=1S/C20H24N4OS/c1-14-19(15(2)24(22-14)16-9-6-5-7-10-16)20(25)21-13-17(23(3)4)18-11-8-12-26-18/h5-12,17H,13H2,1-4H3,(H,21,25). The molecule has 0 saturated carbocycles. The number of benzene rings is 1. The molecule has 3 rings (SSSR count). The van der Waals surface area contributed by atoms with Crippen LogP contribution in [0.2, 0.25) is 0 Å². The molecule has 2 aromatic heterocycles. The van der Waals surface area contributed by atoms with E-state index in [-0.39, 0.29) is 11.9 Å². The largest absolute Gasteiger partial charge is 0.350 e. The second-order valence-corrected chi connectivity index (χ2v) is 7.48. The molecule has 0 fully saturated rings. The number of nitrogens with one attached hydrogen (secondary N) is 1. The Labute approximate surface area is 158 Å². The van der Waals surface area contributed by atoms with Crippen molar-refractivity contribution in [3.8, 4) is 5.69 Å². The average Bonchev–Trinajstić information content (AvgIpc) is 3.24. The van der Waals surface area contributed by atoms with Gasteiger partial charge < -0.3 is 10.2 Å². The van der Waals surface area contributed by atoms with E-state index in [0.29, 0.717) is 12.1 Å². The minimum atomic E-state index is -0.0782. The van der Waals surface area contributed by atoms with Crippen LogP contribution in [0.1, 0.15) is 32.7 Å². The molecular formula is C20H24N4OS. The highest BCUT2D eigenvalue weighted by Crippen LogP contribution is 2.23. The summed E-state index contributed by atoms with van der Waals surface area (Å²) in [5.74, 6) is -0.0782. The van der Waals surface area contributed by atoms with Crippen LogP contribution in [0.3, 0.4) is 0 Å². The summed E-state index contributed by atoms with van der Waals surface area (Å²) in [4.78, 5) is 16.2. The van der Waals surface area contributed by atoms with E-state index in [4.69, 9.17) is 0 Å². The lowest BCUT2D eigenvalue weighted by atomic mass is 10.1. The fourth-order valence-corrected chi connectivity index (χ4v) is 4.01. The van der Waals surface area contributed by atoms with Gasteiger partial charge >= 0.3 is 0 Å². The van der Waals surface area contributed by atoms with Crippen LogP contribution in [0.5, 0.6) is 0 Å². The number of carbonyl (C=O) groups excluding carboxylic acids is 1. The first-order valence-electron chi connectivity index (χ1n) is 8.58. The maximum atomic E-state index is 12.8. The lowest BCUT2D eigenvalue weighted by Crippen LogP contribution is -2.34. The number of aromatic nitrogens is 2. The van der Waals surface area contributed by atoms with Gasteiger partial charge in [-0.1, -0.05) is 24.3 Å². The van der Waals surface area contributed by atoms with Gasteiger partial charge in [-0.25, -0.2) is 4.68 Å². The number of aryl methyl sites for hydroxylation is 1. The van der Waals surface area contributed by atoms with E-state index in [2.05, 4.69) is 26.8 Å². The molecule has 0 spiro atoms. The molecule has 0 aliphatic rings. The summed E-state index contributed by atoms with van der Waals surface area (Å²) in [6, 6.07) is 14.2. The highest BCUT2D eigenvalue weighted by molar-refractivity contribution is 7.10. The first-order valence-corrected chi connectivity index (χ1v) is 9.46. The van der Waals surface area contributed by atoms with E-state index < -0.39 is 0 Å². The van der Waals surface area contributed by atoms with Crippen LogP contribution < -0.4 is 5.32 Å². The Balaban J connectivity index is 1.79. The molecule has 2 heterocycles. The molecule has 6 heteroatoms. The van der Waals surface area contributed by atoms with Gasteiger partial charge in [0.05, 0.1) is 28.7 Å². The van der Waals surface area contributed by atoms with Crippen molar-refractivity contribution in [3.05, 3.63) is 69.7 Å². The van der Waals surface area contributed by atoms with Crippen molar-refractivity contribution >= 4 is 17.2 Å². The summed E-state index contributed by atoms with van der Waals surface area (Å²) in [7, 11) is 4.06. The van der Waals surface area contributed by atoms with Gasteiger partial charge in [0.25, 0.3) is 5.91 Å². The van der Waals surface area contributed by atoms with Crippen molar-refractivity contribution in [2.45, 2.75) is 19.9 Å². The normalized spacial score (nSPS) is 12.3. The van der Waals surface area contributed by atoms with Crippen LogP contribution >= 0.6 is 11.3 Å². The summed E-state index contributed by atoms with van der Waals surface area (Å²) in [5.41, 5.74) is 3.19. The topological polar surface area (TPSA) is 50.2 Å². The predicted octanol–water partition coefficient (Wildman–Crippen LogP) is 3.58. The van der Waals surface area contributed by atoms with Crippen molar-refractivity contribution in [1.82, 2.24) is 20.0 Å². The third-order valence-corrected chi connectivity index (χ3v) is 5.44. The first kappa shape index (κ1) is 18.4. The van der Waals surface area contributed by atoms with Gasteiger partial charge in [-0.3, -0.25) is 4.79 Å². The maximum absolute atomic E-state index is 12.8. The molecule has 0 aliphatic heterocycles. The van der Waals surface area contributed by atoms with Gasteiger partial charge in [-0.05, 0) is 51.5 Å². The van der Waals surface area contributed by atoms with Gasteiger partial charge in [-0.2, -0.15) is 5.10 Å². The minimum Gasteiger partial charge on any atom is -0.350 e. The minimum absolute atomic E-state index is 0.0782. The van der Waals surface area contributed by atoms with E-state index in [0.717, 1.165) is 17.1 Å². The van der Waals surface area contributed by atoms with E-state index in [1.165, 1.54) is 4.88 Å². The number of para-hydroxylation sites is 1. The Morgan fingerprint density at radius 1 is 1.19 bits per heavy atom. The van der Waals surface area contributed by atoms with Gasteiger partial charge in [0.2, 0.25) is 0 Å². The van der Waals surface area contributed by atoms with Crippen molar-refractivity contribution in [1.29, 1.82) is 0 Å². The van der Waals surface area contributed by atoms with Crippen molar-refractivity contribution in [2.75, 3.05) is 20.6 Å². The van der Waals surface area contributed by atoms with Crippen LogP contribution in [-0.2, 0) is 0 Å². The van der Waals surface area contributed by atoms with Crippen LogP contribution in [0, 0.1) is 13.8 Å². The van der Waals surface area contributed by atoms with Crippen LogP contribution in [0.4, 0.5) is 0 Å². The highest BCUT2D eigenvalue weighted by atomic mass is 32.1. The third-order valence-electron chi connectivity index (χ3n) is 4.47. The Kier molecular flexibility index (Phi) is 5.54. The lowest BCUT2D eigenvalue weighted by Gasteiger charge is -2.23. The summed E-state index contributed by atoms with van der Waals surface area (Å²) in [5, 5.41) is 9.71. The molecule has 1 atom stereocenters. The lowest BCUT2D eigenvalue weighted by molar-refractivity contribution is 0.0941. The van der Waals surface area contributed by atoms with Crippen molar-refractivity contribution in [2.24, 2.45) is 0 Å². The van der Waals surface area contributed by atoms with Gasteiger partial charge in [-0.15, -0.1) is 11.3 Å². The molecule has 0 aliphatic carbocycles. The van der Waals surface area contributed by atoms with E-state index in [1.807, 2.05) is 69.0 Å². The molecule has 1 aromatic carbocycles. The number of amides is 1. The number of nitrogens with zero attached hydrogens (tertiary/aromatic N) is 3. The number of carbonyl (C=O) groups is 1. The Bertz CT molecular complexity index is 869. The zero-order valence-electron chi connectivity index (χ0n) is 15.6. The van der Waals surface area contributed by atoms with Crippen LogP contribution in [0.15, 0.2) is 47.8 Å². The highest BCUT2D eigenvalue weighted by Gasteiger charge is 2.21. The molecule has 1 amide bonds. The number of hydrogen-bond donors (Lipinski definition) is 1. The molecule has 0 radical (unpaired) electrons. The maximum Gasteiger partial charge on any atom is 0.255 e. The van der Waals surface area contributed by atoms with Crippen molar-refractivity contribution in [3.63, 3.8) is 0 Å². The third kappa shape index (κ3) is 3.71. The number of hydrogen-bond acceptors (Lipinski definition) is 4. The molecule has 1 unspecified atom stereocenters. The summed E-state index contributed by atoms with van der Waals surface area (Å²) in [6.07, 6.45) is 0. The molecular weight excluding hydrogens is 344 g/mol. The van der Waals surface area contributed by atoms with Crippen LogP contribution in [0.25, 0.3) is 5.69 Å². The molecule has 1 N–H and O–H groups in total. The smallest absolute Gasteiger partial charge is 0.255 e. The van der Waals surface area contributed by atoms with E-state index in [1.54, 1.807) is 11.3 Å². The average molecular weight is 369 g/mol. The predicted molar refractivity (Wildman–Crippen MR) is 106 cm³/mol. The van der Waals surface area contributed by atoms with Gasteiger partial charge in [0, 0.05) is 11.4 Å². The monoisotopic (exact) mass is 368 g/mol. The van der Waals surface area contributed by atoms with E-state index in [9.17, 15) is 4.79 Å². The second kappa shape index (κ2) is 7.85. The number of likely N-dealkylation sites (N-methyl/N-ethyl adjacent to an activating group) is 1. The zero-order valence-corrected chi connectivity index (χ0v) is 16.4. The van der Waals surface area contributed by atoms with Crippen molar-refractivity contribution < 1.29 is 4.79 Å². The Morgan fingerprint density at radius 2 is 1.92 bits per heavy atom. The van der Waals surface area contributed by atoms with Gasteiger partial charge in [0.15, 0.2) is 0 Å². The molecule has 5 nitrogen and oxygen atoms in total. The van der Waals surface area contributed by atoms with Gasteiger partial charge in [0.1, 0.15) is 0 Å². The molecule has 136 valence electrons. The molecule has 0 saturated heterocycles. The zero-order chi connectivity index (χ0) is 18.7. The first-order chi connectivity index (χ1) is 12.5. The fourth-order valence-electron chi connectivity index (χ4n) is 3.09. The number of rotatable bonds is 6. The fraction of sp³-hybridized carbons (Fsp3) is 0.300. The quantitative estimate of drug-likeness (QED) is 0.723. The SMILES string of the molecule is Cc1nn(-c2ccccc2)c(C)c1C(=O)NCC(c1cccs1)N(C)C. The molecule has 3 aromatic rings.